The fourth-order valence-electron chi connectivity index (χ4n) is 0.957. The van der Waals surface area contributed by atoms with Gasteiger partial charge in [0.2, 0.25) is 0 Å². The zero-order valence-corrected chi connectivity index (χ0v) is 11.1. The Labute approximate surface area is 90.9 Å². The van der Waals surface area contributed by atoms with Gasteiger partial charge in [-0.2, -0.15) is 6.04 Å². The Bertz CT molecular complexity index is 42.5. The Hall–Kier alpha value is 1.22. The van der Waals surface area contributed by atoms with E-state index in [1.165, 1.54) is 44.6 Å². The van der Waals surface area contributed by atoms with E-state index in [1.54, 1.807) is 0 Å². The van der Waals surface area contributed by atoms with Crippen molar-refractivity contribution in [1.29, 1.82) is 0 Å². The van der Waals surface area contributed by atoms with Crippen LogP contribution in [0.4, 0.5) is 0 Å². The Kier molecular flexibility index (Phi) is 17.7. The summed E-state index contributed by atoms with van der Waals surface area (Å²) in [4.78, 5) is 0. The van der Waals surface area contributed by atoms with Crippen LogP contribution < -0.4 is 29.6 Å². The number of unbranched alkanes of at least 4 members (excludes halogenated alkanes) is 5. The first-order valence-electron chi connectivity index (χ1n) is 4.21. The van der Waals surface area contributed by atoms with Gasteiger partial charge in [-0.1, -0.05) is 45.4 Å². The summed E-state index contributed by atoms with van der Waals surface area (Å²) in [5.41, 5.74) is 0. The van der Waals surface area contributed by atoms with Crippen molar-refractivity contribution in [3.05, 3.63) is 0 Å². The first-order valence-corrected chi connectivity index (χ1v) is 5.21. The van der Waals surface area contributed by atoms with Gasteiger partial charge in [0, 0.05) is 0 Å². The Balaban J connectivity index is 0. The third kappa shape index (κ3) is 11.9. The molecule has 2 heteroatoms. The second-order valence-electron chi connectivity index (χ2n) is 2.62. The molecule has 0 fully saturated rings. The minimum Gasteiger partial charge on any atom is -0.296 e. The summed E-state index contributed by atoms with van der Waals surface area (Å²) in [7, 11) is 2.09. The summed E-state index contributed by atoms with van der Waals surface area (Å²) in [6.45, 7) is 2.27. The maximum atomic E-state index is 2.27. The average molecular weight is 166 g/mol. The minimum atomic E-state index is 0. The van der Waals surface area contributed by atoms with Crippen molar-refractivity contribution in [1.82, 2.24) is 0 Å². The average Bonchev–Trinajstić information content (AvgIpc) is 1.89. The van der Waals surface area contributed by atoms with Crippen LogP contribution >= 0.6 is 0 Å². The van der Waals surface area contributed by atoms with Crippen molar-refractivity contribution < 1.29 is 29.6 Å². The quantitative estimate of drug-likeness (QED) is 0.365. The third-order valence-corrected chi connectivity index (χ3v) is 2.10. The molecule has 0 aromatic rings. The normalized spacial score (nSPS) is 9.00. The third-order valence-electron chi connectivity index (χ3n) is 1.60. The number of rotatable bonds is 6. The summed E-state index contributed by atoms with van der Waals surface area (Å²) >= 11 is 0. The molecule has 0 radical (unpaired) electrons. The van der Waals surface area contributed by atoms with Crippen molar-refractivity contribution in [3.63, 3.8) is 0 Å². The van der Waals surface area contributed by atoms with Crippen molar-refractivity contribution in [2.45, 2.75) is 51.5 Å². The maximum absolute atomic E-state index is 2.27. The summed E-state index contributed by atoms with van der Waals surface area (Å²) in [5, 5.41) is 0. The second kappa shape index (κ2) is 12.9. The molecule has 0 atom stereocenters. The molecule has 0 saturated carbocycles. The van der Waals surface area contributed by atoms with Gasteiger partial charge in [0.1, 0.15) is 0 Å². The molecular weight excluding hydrogens is 147 g/mol. The second-order valence-corrected chi connectivity index (χ2v) is 3.33. The van der Waals surface area contributed by atoms with Gasteiger partial charge in [-0.25, -0.2) is 0 Å². The molecule has 0 amide bonds. The Morgan fingerprint density at radius 3 is 1.90 bits per heavy atom. The molecule has 0 aliphatic heterocycles. The molecule has 0 spiro atoms. The predicted molar refractivity (Wildman–Crippen MR) is 46.7 cm³/mol. The number of hydrogen-bond acceptors (Lipinski definition) is 0. The molecule has 0 N–H and O–H groups in total. The monoisotopic (exact) mass is 166 g/mol. The van der Waals surface area contributed by atoms with Gasteiger partial charge in [-0.15, -0.1) is 0 Å². The zero-order valence-electron chi connectivity index (χ0n) is 7.66. The van der Waals surface area contributed by atoms with E-state index in [4.69, 9.17) is 0 Å². The van der Waals surface area contributed by atoms with Crippen LogP contribution in [0.2, 0.25) is 6.04 Å². The molecule has 0 heterocycles. The van der Waals surface area contributed by atoms with E-state index < -0.39 is 0 Å². The minimum absolute atomic E-state index is 0. The molecule has 0 rings (SSSR count). The molecule has 0 aromatic carbocycles. The standard InChI is InChI=1S/C8H19Si.Na/c1-2-3-4-5-6-7-8-9;/h2-9H2,1H3;/q-1;+1. The van der Waals surface area contributed by atoms with E-state index in [2.05, 4.69) is 17.2 Å². The predicted octanol–water partition coefficient (Wildman–Crippen LogP) is -0.598. The van der Waals surface area contributed by atoms with Gasteiger partial charge in [-0.05, 0) is 0 Å². The summed E-state index contributed by atoms with van der Waals surface area (Å²) in [6, 6.07) is 1.39. The van der Waals surface area contributed by atoms with Crippen LogP contribution in [-0.2, 0) is 0 Å². The van der Waals surface area contributed by atoms with E-state index >= 15 is 0 Å². The van der Waals surface area contributed by atoms with Gasteiger partial charge in [0.25, 0.3) is 0 Å². The van der Waals surface area contributed by atoms with Gasteiger partial charge in [0.15, 0.2) is 0 Å². The fraction of sp³-hybridized carbons (Fsp3) is 1.00. The first kappa shape index (κ1) is 13.8. The largest absolute Gasteiger partial charge is 1.00 e. The first-order chi connectivity index (χ1) is 4.41. The van der Waals surface area contributed by atoms with Crippen LogP contribution in [0.15, 0.2) is 0 Å². The van der Waals surface area contributed by atoms with Crippen LogP contribution in [0.5, 0.6) is 0 Å². The van der Waals surface area contributed by atoms with Gasteiger partial charge in [0.05, 0.1) is 0 Å². The van der Waals surface area contributed by atoms with Crippen molar-refractivity contribution >= 4 is 10.2 Å². The van der Waals surface area contributed by atoms with Crippen molar-refractivity contribution in [3.8, 4) is 0 Å². The molecule has 56 valence electrons. The molecule has 0 saturated heterocycles. The smallest absolute Gasteiger partial charge is 0.296 e. The van der Waals surface area contributed by atoms with E-state index in [0.717, 1.165) is 0 Å². The Morgan fingerprint density at radius 1 is 0.900 bits per heavy atom. The van der Waals surface area contributed by atoms with E-state index in [9.17, 15) is 0 Å². The van der Waals surface area contributed by atoms with E-state index in [0.29, 0.717) is 0 Å². The molecule has 0 bridgehead atoms. The van der Waals surface area contributed by atoms with Crippen LogP contribution in [-0.4, -0.2) is 10.2 Å². The van der Waals surface area contributed by atoms with Gasteiger partial charge < -0.3 is 0 Å². The summed E-state index contributed by atoms with van der Waals surface area (Å²) in [5.74, 6) is 0. The summed E-state index contributed by atoms with van der Waals surface area (Å²) in [6.07, 6.45) is 8.64. The SMILES string of the molecule is CCCCCCCC[SiH2-].[Na+]. The van der Waals surface area contributed by atoms with Gasteiger partial charge in [-0.3, -0.25) is 10.2 Å². The molecule has 0 aliphatic carbocycles. The molecular formula is C8H19NaSi. The van der Waals surface area contributed by atoms with Crippen LogP contribution in [0.1, 0.15) is 45.4 Å². The van der Waals surface area contributed by atoms with Crippen LogP contribution in [0.25, 0.3) is 0 Å². The molecule has 0 aliphatic rings. The van der Waals surface area contributed by atoms with Gasteiger partial charge >= 0.3 is 29.6 Å². The fourth-order valence-corrected chi connectivity index (χ4v) is 1.31. The zero-order chi connectivity index (χ0) is 6.95. The maximum Gasteiger partial charge on any atom is 1.00 e. The summed E-state index contributed by atoms with van der Waals surface area (Å²) < 4.78 is 0. The van der Waals surface area contributed by atoms with E-state index in [-0.39, 0.29) is 29.6 Å². The van der Waals surface area contributed by atoms with E-state index in [1.807, 2.05) is 0 Å². The molecule has 0 unspecified atom stereocenters. The Morgan fingerprint density at radius 2 is 1.40 bits per heavy atom. The van der Waals surface area contributed by atoms with Crippen LogP contribution in [0.3, 0.4) is 0 Å². The number of hydrogen-bond donors (Lipinski definition) is 0. The molecule has 0 aromatic heterocycles. The van der Waals surface area contributed by atoms with Crippen molar-refractivity contribution in [2.75, 3.05) is 0 Å². The molecule has 0 nitrogen and oxygen atoms in total. The van der Waals surface area contributed by atoms with Crippen molar-refractivity contribution in [2.24, 2.45) is 0 Å². The topological polar surface area (TPSA) is 0 Å². The van der Waals surface area contributed by atoms with Crippen LogP contribution in [0, 0.1) is 0 Å². The molecule has 10 heavy (non-hydrogen) atoms.